The third-order valence-corrected chi connectivity index (χ3v) is 9.34. The van der Waals surface area contributed by atoms with Crippen molar-refractivity contribution >= 4 is 28.7 Å². The standard InChI is InChI=1S/C28H35F3N6O3S/c1-15-9-23(41-4)21(26(38)35-15)11-33-27(39)24-17(3)37(25-22(24)10-32-14-34-25)16(2)18-5-7-19(8-6-18)36-12-20(13-36)40-28(29,30)31/h9-10,14,16,18-20H,5-8,11-13H2,1-4H3,(H,33,39)(H,35,38)/t16-,18?,19?/m1/s1. The van der Waals surface area contributed by atoms with Gasteiger partial charge in [-0.2, -0.15) is 0 Å². The summed E-state index contributed by atoms with van der Waals surface area (Å²) in [4.78, 5) is 40.5. The van der Waals surface area contributed by atoms with Crippen molar-refractivity contribution < 1.29 is 22.7 Å². The monoisotopic (exact) mass is 592 g/mol. The van der Waals surface area contributed by atoms with Crippen molar-refractivity contribution in [2.24, 2.45) is 5.92 Å². The lowest BCUT2D eigenvalue weighted by Gasteiger charge is -2.46. The number of thioether (sulfide) groups is 1. The Morgan fingerprint density at radius 1 is 1.24 bits per heavy atom. The zero-order chi connectivity index (χ0) is 29.5. The largest absolute Gasteiger partial charge is 0.522 e. The summed E-state index contributed by atoms with van der Waals surface area (Å²) in [6.45, 7) is 6.58. The maximum absolute atomic E-state index is 13.5. The van der Waals surface area contributed by atoms with Gasteiger partial charge in [0, 0.05) is 59.8 Å². The number of amides is 1. The SMILES string of the molecule is CSc1cc(C)[nH]c(=O)c1CNC(=O)c1c(C)n([C@H](C)C2CCC(N3CC(OC(F)(F)F)C3)CC2)c2ncncc12. The van der Waals surface area contributed by atoms with Crippen molar-refractivity contribution in [3.8, 4) is 0 Å². The van der Waals surface area contributed by atoms with Crippen molar-refractivity contribution in [1.29, 1.82) is 0 Å². The molecule has 41 heavy (non-hydrogen) atoms. The molecule has 5 rings (SSSR count). The van der Waals surface area contributed by atoms with Gasteiger partial charge in [0.25, 0.3) is 11.5 Å². The fraction of sp³-hybridized carbons (Fsp3) is 0.571. The minimum atomic E-state index is -4.59. The normalized spacial score (nSPS) is 21.1. The number of aryl methyl sites for hydroxylation is 1. The van der Waals surface area contributed by atoms with Gasteiger partial charge in [0.05, 0.1) is 17.1 Å². The molecule has 1 aliphatic heterocycles. The molecule has 0 spiro atoms. The molecule has 1 amide bonds. The number of aromatic amines is 1. The Kier molecular flexibility index (Phi) is 8.49. The molecule has 4 heterocycles. The van der Waals surface area contributed by atoms with Gasteiger partial charge in [0.2, 0.25) is 0 Å². The highest BCUT2D eigenvalue weighted by Crippen LogP contribution is 2.39. The Morgan fingerprint density at radius 3 is 2.61 bits per heavy atom. The fourth-order valence-electron chi connectivity index (χ4n) is 6.43. The predicted molar refractivity (Wildman–Crippen MR) is 150 cm³/mol. The van der Waals surface area contributed by atoms with Crippen LogP contribution in [-0.2, 0) is 11.3 Å². The average Bonchev–Trinajstić information content (AvgIpc) is 3.20. The second kappa shape index (κ2) is 11.8. The molecule has 2 aliphatic rings. The molecule has 9 nitrogen and oxygen atoms in total. The lowest BCUT2D eigenvalue weighted by Crippen LogP contribution is -2.58. The molecule has 2 fully saturated rings. The van der Waals surface area contributed by atoms with Gasteiger partial charge in [-0.1, -0.05) is 0 Å². The van der Waals surface area contributed by atoms with Crippen LogP contribution in [0.3, 0.4) is 0 Å². The van der Waals surface area contributed by atoms with Crippen LogP contribution in [0.25, 0.3) is 11.0 Å². The molecule has 0 aromatic carbocycles. The number of aromatic nitrogens is 4. The van der Waals surface area contributed by atoms with Crippen molar-refractivity contribution in [2.45, 2.75) is 82.4 Å². The number of hydrogen-bond acceptors (Lipinski definition) is 7. The summed E-state index contributed by atoms with van der Waals surface area (Å²) >= 11 is 1.46. The van der Waals surface area contributed by atoms with E-state index in [0.29, 0.717) is 41.2 Å². The summed E-state index contributed by atoms with van der Waals surface area (Å²) in [6.07, 6.45) is 3.31. The number of likely N-dealkylation sites (tertiary alicyclic amines) is 1. The summed E-state index contributed by atoms with van der Waals surface area (Å²) in [5, 5.41) is 3.59. The lowest BCUT2D eigenvalue weighted by molar-refractivity contribution is -0.356. The zero-order valence-corrected chi connectivity index (χ0v) is 24.4. The maximum atomic E-state index is 13.5. The van der Waals surface area contributed by atoms with Gasteiger partial charge in [0.1, 0.15) is 12.0 Å². The Labute approximate surface area is 240 Å². The minimum absolute atomic E-state index is 0.0515. The zero-order valence-electron chi connectivity index (χ0n) is 23.5. The highest BCUT2D eigenvalue weighted by molar-refractivity contribution is 7.98. The Morgan fingerprint density at radius 2 is 1.95 bits per heavy atom. The Balaban J connectivity index is 1.29. The van der Waals surface area contributed by atoms with E-state index in [1.165, 1.54) is 18.1 Å². The van der Waals surface area contributed by atoms with Gasteiger partial charge < -0.3 is 14.9 Å². The van der Waals surface area contributed by atoms with Crippen LogP contribution >= 0.6 is 11.8 Å². The first-order valence-electron chi connectivity index (χ1n) is 13.8. The molecule has 2 N–H and O–H groups in total. The van der Waals surface area contributed by atoms with Gasteiger partial charge >= 0.3 is 6.36 Å². The van der Waals surface area contributed by atoms with E-state index in [0.717, 1.165) is 42.0 Å². The van der Waals surface area contributed by atoms with E-state index in [1.807, 2.05) is 26.2 Å². The van der Waals surface area contributed by atoms with Crippen LogP contribution in [-0.4, -0.2) is 68.2 Å². The van der Waals surface area contributed by atoms with Gasteiger partial charge in [0.15, 0.2) is 0 Å². The number of ether oxygens (including phenoxy) is 1. The van der Waals surface area contributed by atoms with Gasteiger partial charge in [-0.15, -0.1) is 24.9 Å². The third kappa shape index (κ3) is 6.17. The van der Waals surface area contributed by atoms with E-state index >= 15 is 0 Å². The molecule has 3 aromatic rings. The smallest absolute Gasteiger partial charge is 0.348 e. The number of nitrogens with zero attached hydrogens (tertiary/aromatic N) is 4. The van der Waals surface area contributed by atoms with E-state index in [4.69, 9.17) is 0 Å². The number of alkyl halides is 3. The van der Waals surface area contributed by atoms with Crippen LogP contribution in [0.15, 0.2) is 28.3 Å². The summed E-state index contributed by atoms with van der Waals surface area (Å²) in [5.41, 5.74) is 3.01. The topological polar surface area (TPSA) is 105 Å². The highest BCUT2D eigenvalue weighted by Gasteiger charge is 2.42. The van der Waals surface area contributed by atoms with Crippen LogP contribution in [0.2, 0.25) is 0 Å². The van der Waals surface area contributed by atoms with Crippen LogP contribution in [0.1, 0.15) is 66.0 Å². The average molecular weight is 593 g/mol. The summed E-state index contributed by atoms with van der Waals surface area (Å²) < 4.78 is 43.7. The Hall–Kier alpha value is -2.90. The molecule has 0 bridgehead atoms. The van der Waals surface area contributed by atoms with Crippen molar-refractivity contribution in [2.75, 3.05) is 19.3 Å². The molecule has 222 valence electrons. The number of nitrogens with one attached hydrogen (secondary N) is 2. The Bertz CT molecular complexity index is 1480. The fourth-order valence-corrected chi connectivity index (χ4v) is 7.14. The maximum Gasteiger partial charge on any atom is 0.522 e. The minimum Gasteiger partial charge on any atom is -0.348 e. The van der Waals surface area contributed by atoms with Crippen molar-refractivity contribution in [3.63, 3.8) is 0 Å². The van der Waals surface area contributed by atoms with Gasteiger partial charge in [-0.3, -0.25) is 19.2 Å². The van der Waals surface area contributed by atoms with E-state index in [9.17, 15) is 22.8 Å². The first-order chi connectivity index (χ1) is 19.5. The predicted octanol–water partition coefficient (Wildman–Crippen LogP) is 4.73. The second-order valence-electron chi connectivity index (χ2n) is 11.1. The quantitative estimate of drug-likeness (QED) is 0.365. The van der Waals surface area contributed by atoms with Crippen LogP contribution < -0.4 is 10.9 Å². The molecule has 0 radical (unpaired) electrons. The van der Waals surface area contributed by atoms with Gasteiger partial charge in [-0.25, -0.2) is 9.97 Å². The number of rotatable bonds is 8. The number of pyridine rings is 1. The van der Waals surface area contributed by atoms with Gasteiger partial charge in [-0.05, 0) is 64.7 Å². The van der Waals surface area contributed by atoms with Crippen LogP contribution in [0, 0.1) is 19.8 Å². The van der Waals surface area contributed by atoms with E-state index in [2.05, 4.69) is 41.4 Å². The summed E-state index contributed by atoms with van der Waals surface area (Å²) in [5.74, 6) is 0.0302. The number of hydrogen-bond donors (Lipinski definition) is 2. The number of H-pyrrole nitrogens is 1. The second-order valence-corrected chi connectivity index (χ2v) is 11.9. The lowest BCUT2D eigenvalue weighted by atomic mass is 9.80. The third-order valence-electron chi connectivity index (χ3n) is 8.54. The molecule has 1 saturated heterocycles. The van der Waals surface area contributed by atoms with Crippen LogP contribution in [0.4, 0.5) is 13.2 Å². The number of carbonyl (C=O) groups excluding carboxylic acids is 1. The molecule has 1 atom stereocenters. The molecule has 1 saturated carbocycles. The number of halogens is 3. The summed E-state index contributed by atoms with van der Waals surface area (Å²) in [6, 6.07) is 2.20. The first-order valence-corrected chi connectivity index (χ1v) is 15.0. The van der Waals surface area contributed by atoms with E-state index in [-0.39, 0.29) is 30.1 Å². The van der Waals surface area contributed by atoms with E-state index in [1.54, 1.807) is 6.20 Å². The number of fused-ring (bicyclic) bond motifs is 1. The van der Waals surface area contributed by atoms with Crippen molar-refractivity contribution in [3.05, 3.63) is 51.5 Å². The molecule has 1 aliphatic carbocycles. The number of carbonyl (C=O) groups is 1. The molecular weight excluding hydrogens is 557 g/mol. The molecule has 3 aromatic heterocycles. The first kappa shape index (κ1) is 29.6. The van der Waals surface area contributed by atoms with Crippen LogP contribution in [0.5, 0.6) is 0 Å². The van der Waals surface area contributed by atoms with E-state index < -0.39 is 12.5 Å². The molecule has 13 heteroatoms. The summed E-state index contributed by atoms with van der Waals surface area (Å²) in [7, 11) is 0. The molecule has 0 unspecified atom stereocenters. The highest BCUT2D eigenvalue weighted by atomic mass is 32.2. The van der Waals surface area contributed by atoms with Crippen molar-refractivity contribution in [1.82, 2.24) is 29.7 Å². The molecular formula is C28H35F3N6O3S.